The van der Waals surface area contributed by atoms with Gasteiger partial charge in [0.2, 0.25) is 5.91 Å². The normalized spacial score (nSPS) is 18.6. The first kappa shape index (κ1) is 23.3. The van der Waals surface area contributed by atoms with Crippen molar-refractivity contribution in [2.24, 2.45) is 10.9 Å². The molecule has 2 aliphatic heterocycles. The lowest BCUT2D eigenvalue weighted by Crippen LogP contribution is -2.45. The molecule has 1 aromatic rings. The van der Waals surface area contributed by atoms with Crippen LogP contribution in [-0.4, -0.2) is 88.3 Å². The molecule has 31 heavy (non-hydrogen) atoms. The maximum Gasteiger partial charge on any atom is 0.220 e. The summed E-state index contributed by atoms with van der Waals surface area (Å²) in [6.07, 6.45) is 2.64. The molecule has 0 aromatic heterocycles. The van der Waals surface area contributed by atoms with E-state index in [9.17, 15) is 4.79 Å². The van der Waals surface area contributed by atoms with E-state index in [1.165, 1.54) is 0 Å². The van der Waals surface area contributed by atoms with Crippen molar-refractivity contribution in [3.8, 4) is 5.75 Å². The Morgan fingerprint density at radius 3 is 2.65 bits per heavy atom. The van der Waals surface area contributed by atoms with Gasteiger partial charge in [-0.05, 0) is 24.8 Å². The Morgan fingerprint density at radius 2 is 1.94 bits per heavy atom. The van der Waals surface area contributed by atoms with E-state index in [0.717, 1.165) is 76.1 Å². The van der Waals surface area contributed by atoms with Gasteiger partial charge in [-0.1, -0.05) is 18.2 Å². The smallest absolute Gasteiger partial charge is 0.220 e. The van der Waals surface area contributed by atoms with Crippen LogP contribution in [0.4, 0.5) is 0 Å². The molecule has 0 radical (unpaired) electrons. The average molecular weight is 432 g/mol. The number of aliphatic imine (C=N–C) groups is 1. The SMILES string of the molecule is CN=C(NCc1ccccc1OCCN1CCOCC1)N1CCC(CC(=O)NC)CC1. The van der Waals surface area contributed by atoms with Gasteiger partial charge in [-0.15, -0.1) is 0 Å². The molecule has 1 amide bonds. The molecule has 2 saturated heterocycles. The van der Waals surface area contributed by atoms with Crippen molar-refractivity contribution in [3.63, 3.8) is 0 Å². The van der Waals surface area contributed by atoms with Crippen molar-refractivity contribution in [2.75, 3.05) is 66.6 Å². The van der Waals surface area contributed by atoms with E-state index < -0.39 is 0 Å². The summed E-state index contributed by atoms with van der Waals surface area (Å²) in [6, 6.07) is 8.18. The number of ether oxygens (including phenoxy) is 2. The van der Waals surface area contributed by atoms with Crippen LogP contribution in [0.15, 0.2) is 29.3 Å². The van der Waals surface area contributed by atoms with E-state index in [1.807, 2.05) is 25.2 Å². The quantitative estimate of drug-likeness (QED) is 0.478. The second-order valence-electron chi connectivity index (χ2n) is 8.12. The van der Waals surface area contributed by atoms with Crippen molar-refractivity contribution in [1.82, 2.24) is 20.4 Å². The van der Waals surface area contributed by atoms with Crippen LogP contribution in [-0.2, 0) is 16.1 Å². The second kappa shape index (κ2) is 12.5. The molecule has 2 N–H and O–H groups in total. The first-order chi connectivity index (χ1) is 15.2. The minimum Gasteiger partial charge on any atom is -0.492 e. The molecule has 3 rings (SSSR count). The third kappa shape index (κ3) is 7.40. The lowest BCUT2D eigenvalue weighted by Gasteiger charge is -2.34. The fourth-order valence-electron chi connectivity index (χ4n) is 4.12. The molecule has 2 heterocycles. The molecule has 0 bridgehead atoms. The van der Waals surface area contributed by atoms with Crippen molar-refractivity contribution >= 4 is 11.9 Å². The Bertz CT molecular complexity index is 713. The maximum atomic E-state index is 11.6. The number of likely N-dealkylation sites (tertiary alicyclic amines) is 1. The standard InChI is InChI=1S/C23H37N5O3/c1-24-22(29)17-19-7-9-28(10-8-19)23(25-2)26-18-20-5-3-4-6-21(20)31-16-13-27-11-14-30-15-12-27/h3-6,19H,7-18H2,1-2H3,(H,24,29)(H,25,26). The molecule has 1 aromatic carbocycles. The van der Waals surface area contributed by atoms with Crippen molar-refractivity contribution in [1.29, 1.82) is 0 Å². The Kier molecular flexibility index (Phi) is 9.42. The number of rotatable bonds is 8. The molecule has 0 spiro atoms. The summed E-state index contributed by atoms with van der Waals surface area (Å²) < 4.78 is 11.5. The van der Waals surface area contributed by atoms with E-state index in [-0.39, 0.29) is 5.91 Å². The van der Waals surface area contributed by atoms with Gasteiger partial charge in [0.15, 0.2) is 5.96 Å². The van der Waals surface area contributed by atoms with Crippen LogP contribution in [0.3, 0.4) is 0 Å². The van der Waals surface area contributed by atoms with Crippen molar-refractivity contribution < 1.29 is 14.3 Å². The zero-order valence-corrected chi connectivity index (χ0v) is 18.9. The van der Waals surface area contributed by atoms with Gasteiger partial charge in [0.05, 0.1) is 13.2 Å². The first-order valence-corrected chi connectivity index (χ1v) is 11.4. The minimum atomic E-state index is 0.131. The summed E-state index contributed by atoms with van der Waals surface area (Å²) >= 11 is 0. The highest BCUT2D eigenvalue weighted by Crippen LogP contribution is 2.21. The summed E-state index contributed by atoms with van der Waals surface area (Å²) in [7, 11) is 3.52. The third-order valence-corrected chi connectivity index (χ3v) is 6.06. The molecule has 8 nitrogen and oxygen atoms in total. The number of para-hydroxylation sites is 1. The molecular weight excluding hydrogens is 394 g/mol. The van der Waals surface area contributed by atoms with Crippen LogP contribution in [0.1, 0.15) is 24.8 Å². The molecule has 0 aliphatic carbocycles. The van der Waals surface area contributed by atoms with Gasteiger partial charge in [-0.25, -0.2) is 0 Å². The number of nitrogens with zero attached hydrogens (tertiary/aromatic N) is 3. The number of hydrogen-bond donors (Lipinski definition) is 2. The third-order valence-electron chi connectivity index (χ3n) is 6.06. The van der Waals surface area contributed by atoms with Crippen LogP contribution in [0.5, 0.6) is 5.75 Å². The molecule has 8 heteroatoms. The van der Waals surface area contributed by atoms with Crippen LogP contribution in [0, 0.1) is 5.92 Å². The number of carbonyl (C=O) groups is 1. The van der Waals surface area contributed by atoms with Gasteiger partial charge >= 0.3 is 0 Å². The average Bonchev–Trinajstić information content (AvgIpc) is 2.82. The molecule has 0 atom stereocenters. The van der Waals surface area contributed by atoms with Gasteiger partial charge < -0.3 is 25.0 Å². The molecule has 2 fully saturated rings. The topological polar surface area (TPSA) is 78.4 Å². The summed E-state index contributed by atoms with van der Waals surface area (Å²) in [5.74, 6) is 2.41. The second-order valence-corrected chi connectivity index (χ2v) is 8.12. The molecule has 0 unspecified atom stereocenters. The van der Waals surface area contributed by atoms with Crippen LogP contribution < -0.4 is 15.4 Å². The van der Waals surface area contributed by atoms with Gasteiger partial charge in [0.25, 0.3) is 0 Å². The number of amides is 1. The van der Waals surface area contributed by atoms with Gasteiger partial charge in [0, 0.05) is 65.3 Å². The first-order valence-electron chi connectivity index (χ1n) is 11.4. The number of morpholine rings is 1. The summed E-state index contributed by atoms with van der Waals surface area (Å²) in [5, 5.41) is 6.22. The highest BCUT2D eigenvalue weighted by Gasteiger charge is 2.23. The monoisotopic (exact) mass is 431 g/mol. The summed E-state index contributed by atoms with van der Waals surface area (Å²) in [4.78, 5) is 20.8. The van der Waals surface area contributed by atoms with E-state index in [0.29, 0.717) is 25.5 Å². The molecular formula is C23H37N5O3. The molecule has 0 saturated carbocycles. The zero-order chi connectivity index (χ0) is 21.9. The van der Waals surface area contributed by atoms with Crippen molar-refractivity contribution in [3.05, 3.63) is 29.8 Å². The fraction of sp³-hybridized carbons (Fsp3) is 0.652. The Hall–Kier alpha value is -2.32. The predicted molar refractivity (Wildman–Crippen MR) is 122 cm³/mol. The highest BCUT2D eigenvalue weighted by molar-refractivity contribution is 5.80. The maximum absolute atomic E-state index is 11.6. The van der Waals surface area contributed by atoms with Gasteiger partial charge in [-0.3, -0.25) is 14.7 Å². The highest BCUT2D eigenvalue weighted by atomic mass is 16.5. The Labute approximate surface area is 186 Å². The van der Waals surface area contributed by atoms with E-state index in [2.05, 4.69) is 31.5 Å². The van der Waals surface area contributed by atoms with E-state index in [4.69, 9.17) is 9.47 Å². The number of benzene rings is 1. The van der Waals surface area contributed by atoms with E-state index >= 15 is 0 Å². The number of hydrogen-bond acceptors (Lipinski definition) is 5. The van der Waals surface area contributed by atoms with E-state index in [1.54, 1.807) is 7.05 Å². The molecule has 172 valence electrons. The van der Waals surface area contributed by atoms with Gasteiger partial charge in [-0.2, -0.15) is 0 Å². The summed E-state index contributed by atoms with van der Waals surface area (Å²) in [6.45, 7) is 7.65. The Morgan fingerprint density at radius 1 is 1.19 bits per heavy atom. The van der Waals surface area contributed by atoms with Crippen LogP contribution >= 0.6 is 0 Å². The number of guanidine groups is 1. The molecule has 2 aliphatic rings. The summed E-state index contributed by atoms with van der Waals surface area (Å²) in [5.41, 5.74) is 1.13. The largest absolute Gasteiger partial charge is 0.492 e. The van der Waals surface area contributed by atoms with Crippen molar-refractivity contribution in [2.45, 2.75) is 25.8 Å². The predicted octanol–water partition coefficient (Wildman–Crippen LogP) is 1.32. The van der Waals surface area contributed by atoms with Crippen LogP contribution in [0.25, 0.3) is 0 Å². The lowest BCUT2D eigenvalue weighted by molar-refractivity contribution is -0.121. The zero-order valence-electron chi connectivity index (χ0n) is 18.9. The minimum absolute atomic E-state index is 0.131. The number of piperidine rings is 1. The number of carbonyl (C=O) groups excluding carboxylic acids is 1. The lowest BCUT2D eigenvalue weighted by atomic mass is 9.93. The van der Waals surface area contributed by atoms with Crippen LogP contribution in [0.2, 0.25) is 0 Å². The van der Waals surface area contributed by atoms with Gasteiger partial charge in [0.1, 0.15) is 12.4 Å². The fourth-order valence-corrected chi connectivity index (χ4v) is 4.12. The Balaban J connectivity index is 1.45. The number of nitrogens with one attached hydrogen (secondary N) is 2.